The Hall–Kier alpha value is -1.73. The molecule has 142 valence electrons. The largest absolute Gasteiger partial charge is 0.273 e. The monoisotopic (exact) mass is 378 g/mol. The van der Waals surface area contributed by atoms with Gasteiger partial charge in [-0.3, -0.25) is 14.5 Å². The van der Waals surface area contributed by atoms with Crippen molar-refractivity contribution in [1.29, 1.82) is 0 Å². The molecule has 3 rings (SSSR count). The third kappa shape index (κ3) is 3.55. The van der Waals surface area contributed by atoms with Crippen LogP contribution < -0.4 is 0 Å². The van der Waals surface area contributed by atoms with Gasteiger partial charge in [0, 0.05) is 18.6 Å². The summed E-state index contributed by atoms with van der Waals surface area (Å²) in [5, 5.41) is 0. The lowest BCUT2D eigenvalue weighted by Crippen LogP contribution is -2.48. The zero-order valence-corrected chi connectivity index (χ0v) is 16.2. The van der Waals surface area contributed by atoms with E-state index in [1.54, 1.807) is 28.6 Å². The number of amides is 2. The van der Waals surface area contributed by atoms with Crippen LogP contribution in [0, 0.1) is 0 Å². The minimum Gasteiger partial charge on any atom is -0.273 e. The summed E-state index contributed by atoms with van der Waals surface area (Å²) in [6.45, 7) is 3.66. The molecule has 0 bridgehead atoms. The standard InChI is InChI=1S/C19H26N2O4S/c1-14(2)21(15-8-4-3-5-9-15)26(24,25)13-12-20-18(22)16-10-6-7-11-17(16)19(20)23/h6-7,10-11,14-15H,3-5,8-9,12-13H2,1-2H3. The van der Waals surface area contributed by atoms with Crippen LogP contribution in [0.1, 0.15) is 66.7 Å². The Morgan fingerprint density at radius 2 is 1.58 bits per heavy atom. The highest BCUT2D eigenvalue weighted by Gasteiger charge is 2.38. The van der Waals surface area contributed by atoms with Crippen LogP contribution in [-0.2, 0) is 10.0 Å². The molecule has 1 fully saturated rings. The number of sulfonamides is 1. The average Bonchev–Trinajstić information content (AvgIpc) is 2.85. The van der Waals surface area contributed by atoms with Gasteiger partial charge in [0.05, 0.1) is 16.9 Å². The Labute approximate surface area is 155 Å². The molecule has 6 nitrogen and oxygen atoms in total. The molecule has 1 aliphatic carbocycles. The molecule has 0 atom stereocenters. The molecule has 0 N–H and O–H groups in total. The third-order valence-corrected chi connectivity index (χ3v) is 7.28. The normalized spacial score (nSPS) is 18.8. The smallest absolute Gasteiger partial charge is 0.261 e. The first kappa shape index (κ1) is 19.0. The van der Waals surface area contributed by atoms with Gasteiger partial charge in [0.15, 0.2) is 0 Å². The minimum absolute atomic E-state index is 0.0240. The second-order valence-electron chi connectivity index (χ2n) is 7.34. The highest BCUT2D eigenvalue weighted by Crippen LogP contribution is 2.27. The molecule has 0 unspecified atom stereocenters. The summed E-state index contributed by atoms with van der Waals surface area (Å²) in [6.07, 6.45) is 5.00. The van der Waals surface area contributed by atoms with Gasteiger partial charge in [0.25, 0.3) is 11.8 Å². The lowest BCUT2D eigenvalue weighted by molar-refractivity contribution is 0.0663. The zero-order chi connectivity index (χ0) is 18.9. The van der Waals surface area contributed by atoms with Crippen LogP contribution in [-0.4, -0.2) is 53.8 Å². The molecule has 2 aliphatic rings. The summed E-state index contributed by atoms with van der Waals surface area (Å²) in [5.74, 6) is -1.04. The van der Waals surface area contributed by atoms with E-state index in [-0.39, 0.29) is 24.4 Å². The summed E-state index contributed by atoms with van der Waals surface area (Å²) in [7, 11) is -3.56. The fourth-order valence-corrected chi connectivity index (χ4v) is 5.99. The number of rotatable bonds is 6. The number of fused-ring (bicyclic) bond motifs is 1. The van der Waals surface area contributed by atoms with Crippen molar-refractivity contribution in [2.45, 2.75) is 58.0 Å². The molecular weight excluding hydrogens is 352 g/mol. The molecule has 0 radical (unpaired) electrons. The van der Waals surface area contributed by atoms with E-state index in [1.807, 2.05) is 13.8 Å². The molecule has 0 aromatic heterocycles. The maximum Gasteiger partial charge on any atom is 0.261 e. The van der Waals surface area contributed by atoms with Gasteiger partial charge < -0.3 is 0 Å². The van der Waals surface area contributed by atoms with Crippen molar-refractivity contribution in [2.75, 3.05) is 12.3 Å². The maximum atomic E-state index is 13.0. The number of carbonyl (C=O) groups excluding carboxylic acids is 2. The highest BCUT2D eigenvalue weighted by molar-refractivity contribution is 7.89. The van der Waals surface area contributed by atoms with E-state index in [2.05, 4.69) is 0 Å². The third-order valence-electron chi connectivity index (χ3n) is 5.22. The van der Waals surface area contributed by atoms with Crippen LogP contribution in [0.3, 0.4) is 0 Å². The van der Waals surface area contributed by atoms with Gasteiger partial charge in [-0.2, -0.15) is 4.31 Å². The Morgan fingerprint density at radius 3 is 2.08 bits per heavy atom. The number of hydrogen-bond donors (Lipinski definition) is 0. The summed E-state index contributed by atoms with van der Waals surface area (Å²) in [6, 6.07) is 6.50. The fraction of sp³-hybridized carbons (Fsp3) is 0.579. The molecule has 1 aromatic rings. The van der Waals surface area contributed by atoms with Crippen LogP contribution in [0.15, 0.2) is 24.3 Å². The Morgan fingerprint density at radius 1 is 1.04 bits per heavy atom. The van der Waals surface area contributed by atoms with Crippen LogP contribution in [0.25, 0.3) is 0 Å². The van der Waals surface area contributed by atoms with Crippen LogP contribution in [0.2, 0.25) is 0 Å². The molecule has 0 spiro atoms. The number of hydrogen-bond acceptors (Lipinski definition) is 4. The average molecular weight is 378 g/mol. The van der Waals surface area contributed by atoms with Crippen molar-refractivity contribution in [3.63, 3.8) is 0 Å². The van der Waals surface area contributed by atoms with Gasteiger partial charge >= 0.3 is 0 Å². The first-order chi connectivity index (χ1) is 12.3. The molecule has 2 amide bonds. The molecule has 1 aliphatic heterocycles. The molecule has 1 aromatic carbocycles. The Kier molecular flexibility index (Phi) is 5.48. The topological polar surface area (TPSA) is 74.8 Å². The lowest BCUT2D eigenvalue weighted by atomic mass is 9.95. The molecular formula is C19H26N2O4S. The van der Waals surface area contributed by atoms with E-state index < -0.39 is 21.8 Å². The fourth-order valence-electron chi connectivity index (χ4n) is 4.06. The molecule has 0 saturated heterocycles. The van der Waals surface area contributed by atoms with Gasteiger partial charge in [-0.05, 0) is 38.8 Å². The van der Waals surface area contributed by atoms with Gasteiger partial charge in [-0.15, -0.1) is 0 Å². The summed E-state index contributed by atoms with van der Waals surface area (Å²) in [4.78, 5) is 25.9. The molecule has 26 heavy (non-hydrogen) atoms. The maximum absolute atomic E-state index is 13.0. The van der Waals surface area contributed by atoms with Crippen molar-refractivity contribution in [3.05, 3.63) is 35.4 Å². The first-order valence-corrected chi connectivity index (χ1v) is 10.9. The summed E-state index contributed by atoms with van der Waals surface area (Å²) in [5.41, 5.74) is 0.700. The van der Waals surface area contributed by atoms with Crippen LogP contribution in [0.4, 0.5) is 0 Å². The second-order valence-corrected chi connectivity index (χ2v) is 9.33. The number of imide groups is 1. The van der Waals surface area contributed by atoms with Gasteiger partial charge in [-0.1, -0.05) is 31.4 Å². The van der Waals surface area contributed by atoms with E-state index in [0.29, 0.717) is 11.1 Å². The Balaban J connectivity index is 1.73. The van der Waals surface area contributed by atoms with E-state index >= 15 is 0 Å². The van der Waals surface area contributed by atoms with Crippen LogP contribution >= 0.6 is 0 Å². The van der Waals surface area contributed by atoms with E-state index in [4.69, 9.17) is 0 Å². The van der Waals surface area contributed by atoms with E-state index in [0.717, 1.165) is 37.0 Å². The van der Waals surface area contributed by atoms with Gasteiger partial charge in [-0.25, -0.2) is 8.42 Å². The Bertz CT molecular complexity index is 763. The van der Waals surface area contributed by atoms with Crippen molar-refractivity contribution < 1.29 is 18.0 Å². The molecule has 7 heteroatoms. The lowest BCUT2D eigenvalue weighted by Gasteiger charge is -2.36. The summed E-state index contributed by atoms with van der Waals surface area (Å²) < 4.78 is 27.6. The van der Waals surface area contributed by atoms with E-state index in [9.17, 15) is 18.0 Å². The van der Waals surface area contributed by atoms with Crippen molar-refractivity contribution >= 4 is 21.8 Å². The number of nitrogens with zero attached hydrogens (tertiary/aromatic N) is 2. The van der Waals surface area contributed by atoms with Crippen LogP contribution in [0.5, 0.6) is 0 Å². The SMILES string of the molecule is CC(C)N(C1CCCCC1)S(=O)(=O)CCN1C(=O)c2ccccc2C1=O. The van der Waals surface area contributed by atoms with Gasteiger partial charge in [0.2, 0.25) is 10.0 Å². The zero-order valence-electron chi connectivity index (χ0n) is 15.3. The predicted octanol–water partition coefficient (Wildman–Crippen LogP) is 2.66. The first-order valence-electron chi connectivity index (χ1n) is 9.29. The molecule has 1 saturated carbocycles. The van der Waals surface area contributed by atoms with Crippen molar-refractivity contribution in [3.8, 4) is 0 Å². The summed E-state index contributed by atoms with van der Waals surface area (Å²) >= 11 is 0. The molecule has 1 heterocycles. The quantitative estimate of drug-likeness (QED) is 0.713. The van der Waals surface area contributed by atoms with Gasteiger partial charge in [0.1, 0.15) is 0 Å². The second kappa shape index (κ2) is 7.48. The van der Waals surface area contributed by atoms with Crippen molar-refractivity contribution in [1.82, 2.24) is 9.21 Å². The minimum atomic E-state index is -3.56. The van der Waals surface area contributed by atoms with Crippen molar-refractivity contribution in [2.24, 2.45) is 0 Å². The highest BCUT2D eigenvalue weighted by atomic mass is 32.2. The number of carbonyl (C=O) groups is 2. The van der Waals surface area contributed by atoms with E-state index in [1.165, 1.54) is 0 Å². The number of benzene rings is 1. The predicted molar refractivity (Wildman–Crippen MR) is 99.4 cm³/mol.